The minimum Gasteiger partial charge on any atom is -0.490 e. The Hall–Kier alpha value is -2.52. The van der Waals surface area contributed by atoms with E-state index in [9.17, 15) is 13.2 Å². The van der Waals surface area contributed by atoms with Crippen LogP contribution in [-0.2, 0) is 21.2 Å². The average Bonchev–Trinajstić information content (AvgIpc) is 3.34. The number of benzene rings is 1. The second-order valence-corrected chi connectivity index (χ2v) is 11.2. The summed E-state index contributed by atoms with van der Waals surface area (Å²) in [6.45, 7) is 5.78. The molecule has 1 amide bonds. The van der Waals surface area contributed by atoms with Crippen LogP contribution in [0, 0.1) is 5.92 Å². The maximum absolute atomic E-state index is 13.3. The van der Waals surface area contributed by atoms with Gasteiger partial charge in [0.1, 0.15) is 5.76 Å². The summed E-state index contributed by atoms with van der Waals surface area (Å²) in [6.07, 6.45) is 2.85. The van der Waals surface area contributed by atoms with E-state index in [1.54, 1.807) is 23.3 Å². The molecule has 0 radical (unpaired) electrons. The third-order valence-electron chi connectivity index (χ3n) is 6.15. The number of ether oxygens (including phenoxy) is 2. The van der Waals surface area contributed by atoms with Crippen molar-refractivity contribution in [2.45, 2.75) is 45.3 Å². The first kappa shape index (κ1) is 23.6. The second-order valence-electron chi connectivity index (χ2n) is 9.02. The van der Waals surface area contributed by atoms with Crippen molar-refractivity contribution in [1.29, 1.82) is 0 Å². The number of carbonyl (C=O) groups excluding carboxylic acids is 1. The van der Waals surface area contributed by atoms with Crippen LogP contribution in [0.1, 0.15) is 44.1 Å². The van der Waals surface area contributed by atoms with E-state index in [0.29, 0.717) is 25.4 Å². The highest BCUT2D eigenvalue weighted by atomic mass is 32.2. The van der Waals surface area contributed by atoms with Gasteiger partial charge >= 0.3 is 0 Å². The number of nitrogens with one attached hydrogen (secondary N) is 1. The molecule has 0 unspecified atom stereocenters. The van der Waals surface area contributed by atoms with E-state index >= 15 is 0 Å². The zero-order valence-electron chi connectivity index (χ0n) is 19.2. The normalized spacial score (nSPS) is 20.4. The molecule has 1 aromatic heterocycles. The molecule has 1 saturated heterocycles. The Morgan fingerprint density at radius 1 is 1.18 bits per heavy atom. The molecule has 3 heterocycles. The van der Waals surface area contributed by atoms with Crippen molar-refractivity contribution in [3.8, 4) is 11.5 Å². The molecule has 33 heavy (non-hydrogen) atoms. The van der Waals surface area contributed by atoms with E-state index in [2.05, 4.69) is 19.2 Å². The first-order valence-corrected chi connectivity index (χ1v) is 13.3. The van der Waals surface area contributed by atoms with Crippen LogP contribution < -0.4 is 14.8 Å². The third kappa shape index (κ3) is 5.89. The summed E-state index contributed by atoms with van der Waals surface area (Å²) in [5, 5.41) is 3.39. The lowest BCUT2D eigenvalue weighted by atomic mass is 9.95. The molecule has 9 heteroatoms. The number of hydrogen-bond acceptors (Lipinski definition) is 7. The number of sulfone groups is 1. The van der Waals surface area contributed by atoms with Crippen molar-refractivity contribution < 1.29 is 27.1 Å². The van der Waals surface area contributed by atoms with Crippen molar-refractivity contribution >= 4 is 15.7 Å². The molecule has 0 bridgehead atoms. The summed E-state index contributed by atoms with van der Waals surface area (Å²) in [4.78, 5) is 14.9. The topological polar surface area (TPSA) is 98.1 Å². The number of hydrogen-bond donors (Lipinski definition) is 1. The Balaban J connectivity index is 1.48. The zero-order valence-corrected chi connectivity index (χ0v) is 20.0. The SMILES string of the molecule is CC(C)[C@@H](NCC(=O)N(Cc1ccco1)[C@@H]1CCS(=O)(=O)C1)c1ccc2c(c1)OCCCO2. The van der Waals surface area contributed by atoms with Gasteiger partial charge in [-0.15, -0.1) is 0 Å². The van der Waals surface area contributed by atoms with Crippen LogP contribution in [0.3, 0.4) is 0 Å². The fourth-order valence-electron chi connectivity index (χ4n) is 4.42. The van der Waals surface area contributed by atoms with Crippen molar-refractivity contribution in [2.24, 2.45) is 5.92 Å². The van der Waals surface area contributed by atoms with Gasteiger partial charge in [0.15, 0.2) is 21.3 Å². The standard InChI is InChI=1S/C24H32N2O6S/c1-17(2)24(18-6-7-21-22(13-18)32-11-4-10-31-21)25-14-23(27)26(15-20-5-3-9-30-20)19-8-12-33(28,29)16-19/h3,5-7,9,13,17,19,24-25H,4,8,10-12,14-16H2,1-2H3/t19-,24-/m1/s1. The molecule has 1 aromatic carbocycles. The monoisotopic (exact) mass is 476 g/mol. The summed E-state index contributed by atoms with van der Waals surface area (Å²) in [7, 11) is -3.12. The molecular formula is C24H32N2O6S. The second kappa shape index (κ2) is 10.2. The predicted octanol–water partition coefficient (Wildman–Crippen LogP) is 2.94. The molecule has 2 aliphatic heterocycles. The van der Waals surface area contributed by atoms with Gasteiger partial charge in [-0.25, -0.2) is 8.42 Å². The highest BCUT2D eigenvalue weighted by Crippen LogP contribution is 2.34. The number of nitrogens with zero attached hydrogens (tertiary/aromatic N) is 1. The van der Waals surface area contributed by atoms with Gasteiger partial charge in [0.25, 0.3) is 0 Å². The van der Waals surface area contributed by atoms with Crippen molar-refractivity contribution in [1.82, 2.24) is 10.2 Å². The van der Waals surface area contributed by atoms with E-state index < -0.39 is 9.84 Å². The molecule has 4 rings (SSSR count). The maximum atomic E-state index is 13.3. The number of furan rings is 1. The van der Waals surface area contributed by atoms with Crippen molar-refractivity contribution in [2.75, 3.05) is 31.3 Å². The molecule has 2 aliphatic rings. The van der Waals surface area contributed by atoms with Gasteiger partial charge in [-0.05, 0) is 42.2 Å². The maximum Gasteiger partial charge on any atom is 0.237 e. The van der Waals surface area contributed by atoms with Crippen molar-refractivity contribution in [3.63, 3.8) is 0 Å². The van der Waals surface area contributed by atoms with Crippen molar-refractivity contribution in [3.05, 3.63) is 47.9 Å². The Morgan fingerprint density at radius 2 is 1.97 bits per heavy atom. The number of rotatable bonds is 8. The summed E-state index contributed by atoms with van der Waals surface area (Å²) >= 11 is 0. The van der Waals surface area contributed by atoms with E-state index in [0.717, 1.165) is 23.5 Å². The van der Waals surface area contributed by atoms with Gasteiger partial charge in [0.2, 0.25) is 5.91 Å². The Kier molecular flexibility index (Phi) is 7.29. The van der Waals surface area contributed by atoms with Gasteiger partial charge in [0.05, 0.1) is 44.1 Å². The average molecular weight is 477 g/mol. The van der Waals surface area contributed by atoms with Crippen LogP contribution in [0.2, 0.25) is 0 Å². The Morgan fingerprint density at radius 3 is 2.64 bits per heavy atom. The van der Waals surface area contributed by atoms with Crippen LogP contribution in [0.4, 0.5) is 0 Å². The Bertz CT molecular complexity index is 1050. The summed E-state index contributed by atoms with van der Waals surface area (Å²) in [6, 6.07) is 9.04. The van der Waals surface area contributed by atoms with Gasteiger partial charge in [-0.2, -0.15) is 0 Å². The molecule has 1 N–H and O–H groups in total. The number of fused-ring (bicyclic) bond motifs is 1. The lowest BCUT2D eigenvalue weighted by Crippen LogP contribution is -2.45. The van der Waals surface area contributed by atoms with Crippen LogP contribution in [-0.4, -0.2) is 56.5 Å². The first-order chi connectivity index (χ1) is 15.8. The molecule has 1 fully saturated rings. The lowest BCUT2D eigenvalue weighted by molar-refractivity contribution is -0.133. The predicted molar refractivity (Wildman–Crippen MR) is 124 cm³/mol. The molecule has 2 aromatic rings. The fourth-order valence-corrected chi connectivity index (χ4v) is 6.15. The summed E-state index contributed by atoms with van der Waals surface area (Å²) in [5.74, 6) is 2.27. The van der Waals surface area contributed by atoms with Crippen LogP contribution in [0.25, 0.3) is 0 Å². The lowest BCUT2D eigenvalue weighted by Gasteiger charge is -2.30. The van der Waals surface area contributed by atoms with Gasteiger partial charge in [-0.3, -0.25) is 4.79 Å². The minimum absolute atomic E-state index is 0.00474. The smallest absolute Gasteiger partial charge is 0.237 e. The Labute approximate surface area is 195 Å². The molecule has 0 spiro atoms. The molecule has 8 nitrogen and oxygen atoms in total. The molecular weight excluding hydrogens is 444 g/mol. The van der Waals surface area contributed by atoms with Gasteiger partial charge < -0.3 is 24.1 Å². The van der Waals surface area contributed by atoms with E-state index in [1.165, 1.54) is 0 Å². The quantitative estimate of drug-likeness (QED) is 0.625. The minimum atomic E-state index is -3.12. The van der Waals surface area contributed by atoms with E-state index in [1.807, 2.05) is 18.2 Å². The molecule has 2 atom stereocenters. The highest BCUT2D eigenvalue weighted by molar-refractivity contribution is 7.91. The van der Waals surface area contributed by atoms with Gasteiger partial charge in [0, 0.05) is 18.5 Å². The molecule has 0 saturated carbocycles. The van der Waals surface area contributed by atoms with Crippen LogP contribution in [0.15, 0.2) is 41.0 Å². The number of amides is 1. The van der Waals surface area contributed by atoms with E-state index in [-0.39, 0.29) is 48.5 Å². The third-order valence-corrected chi connectivity index (χ3v) is 7.90. The van der Waals surface area contributed by atoms with Crippen LogP contribution >= 0.6 is 0 Å². The largest absolute Gasteiger partial charge is 0.490 e. The van der Waals surface area contributed by atoms with Crippen LogP contribution in [0.5, 0.6) is 11.5 Å². The fraction of sp³-hybridized carbons (Fsp3) is 0.542. The summed E-state index contributed by atoms with van der Waals surface area (Å²) in [5.41, 5.74) is 1.02. The van der Waals surface area contributed by atoms with Gasteiger partial charge in [-0.1, -0.05) is 19.9 Å². The number of carbonyl (C=O) groups is 1. The molecule has 0 aliphatic carbocycles. The summed E-state index contributed by atoms with van der Waals surface area (Å²) < 4.78 is 41.1. The highest BCUT2D eigenvalue weighted by Gasteiger charge is 2.35. The zero-order chi connectivity index (χ0) is 23.4. The molecule has 180 valence electrons. The van der Waals surface area contributed by atoms with E-state index in [4.69, 9.17) is 13.9 Å². The first-order valence-electron chi connectivity index (χ1n) is 11.5.